The van der Waals surface area contributed by atoms with Gasteiger partial charge >= 0.3 is 0 Å². The molecule has 0 saturated carbocycles. The van der Waals surface area contributed by atoms with Crippen molar-refractivity contribution in [1.82, 2.24) is 19.5 Å². The second-order valence-corrected chi connectivity index (χ2v) is 10.2. The van der Waals surface area contributed by atoms with E-state index >= 15 is 0 Å². The highest BCUT2D eigenvalue weighted by atomic mass is 16.5. The third-order valence-electron chi connectivity index (χ3n) is 7.55. The van der Waals surface area contributed by atoms with E-state index in [4.69, 9.17) is 14.2 Å². The number of benzene rings is 2. The van der Waals surface area contributed by atoms with E-state index in [9.17, 15) is 0 Å². The molecule has 1 aliphatic heterocycles. The standard InChI is InChI=1S/C32H34N6O3/c1-39-25-7-6-24(29(18-25)40-2)20-37-32-27-4-3-5-28(26(27)9-12-35-32)36-19-22-8-11-34-31(17-22)41-21-23-10-14-38-15-13-33-30(38)16-23/h3-9,11-13,15,17-18,23,36H,10,14,16,19-21H2,1-2H3,(H,35,37). The van der Waals surface area contributed by atoms with Gasteiger partial charge in [0, 0.05) is 90.9 Å². The Morgan fingerprint density at radius 3 is 2.71 bits per heavy atom. The fraction of sp³-hybridized carbons (Fsp3) is 0.281. The SMILES string of the molecule is COc1ccc(CNc2nccc3c(NCc4ccnc(OCC5CCn6ccnc6C5)c4)cccc23)c(OC)c1. The predicted molar refractivity (Wildman–Crippen MR) is 160 cm³/mol. The number of aromatic nitrogens is 4. The average Bonchev–Trinajstić information content (AvgIpc) is 3.50. The molecule has 5 aromatic rings. The van der Waals surface area contributed by atoms with Crippen molar-refractivity contribution in [2.24, 2.45) is 5.92 Å². The fourth-order valence-corrected chi connectivity index (χ4v) is 5.28. The molecule has 9 heteroatoms. The lowest BCUT2D eigenvalue weighted by Crippen LogP contribution is -2.24. The van der Waals surface area contributed by atoms with E-state index < -0.39 is 0 Å². The second-order valence-electron chi connectivity index (χ2n) is 10.2. The Balaban J connectivity index is 1.10. The number of imidazole rings is 1. The summed E-state index contributed by atoms with van der Waals surface area (Å²) in [5.74, 6) is 4.59. The zero-order chi connectivity index (χ0) is 28.0. The Morgan fingerprint density at radius 1 is 0.878 bits per heavy atom. The van der Waals surface area contributed by atoms with Gasteiger partial charge in [0.1, 0.15) is 23.1 Å². The zero-order valence-electron chi connectivity index (χ0n) is 23.3. The normalized spacial score (nSPS) is 14.3. The summed E-state index contributed by atoms with van der Waals surface area (Å²) in [6, 6.07) is 18.1. The lowest BCUT2D eigenvalue weighted by Gasteiger charge is -2.23. The van der Waals surface area contributed by atoms with Crippen LogP contribution in [0.1, 0.15) is 23.4 Å². The van der Waals surface area contributed by atoms with Crippen molar-refractivity contribution in [3.8, 4) is 17.4 Å². The van der Waals surface area contributed by atoms with Gasteiger partial charge in [0.05, 0.1) is 20.8 Å². The molecule has 0 bridgehead atoms. The summed E-state index contributed by atoms with van der Waals surface area (Å²) >= 11 is 0. The van der Waals surface area contributed by atoms with Gasteiger partial charge in [-0.05, 0) is 42.3 Å². The van der Waals surface area contributed by atoms with Crippen LogP contribution in [-0.4, -0.2) is 40.3 Å². The van der Waals surface area contributed by atoms with Gasteiger partial charge < -0.3 is 29.4 Å². The molecule has 2 aromatic carbocycles. The number of aryl methyl sites for hydroxylation is 1. The number of nitrogens with one attached hydrogen (secondary N) is 2. The minimum absolute atomic E-state index is 0.450. The molecule has 0 fully saturated rings. The van der Waals surface area contributed by atoms with Gasteiger partial charge in [-0.25, -0.2) is 15.0 Å². The zero-order valence-corrected chi connectivity index (χ0v) is 23.3. The van der Waals surface area contributed by atoms with Gasteiger partial charge in [-0.1, -0.05) is 12.1 Å². The summed E-state index contributed by atoms with van der Waals surface area (Å²) in [5.41, 5.74) is 3.16. The number of hydrogen-bond donors (Lipinski definition) is 2. The van der Waals surface area contributed by atoms with Crippen LogP contribution in [-0.2, 0) is 26.1 Å². The molecule has 1 unspecified atom stereocenters. The van der Waals surface area contributed by atoms with E-state index in [0.29, 0.717) is 31.5 Å². The van der Waals surface area contributed by atoms with Crippen LogP contribution < -0.4 is 24.8 Å². The molecule has 2 N–H and O–H groups in total. The molecular formula is C32H34N6O3. The molecule has 6 rings (SSSR count). The smallest absolute Gasteiger partial charge is 0.213 e. The van der Waals surface area contributed by atoms with Crippen molar-refractivity contribution in [2.45, 2.75) is 32.5 Å². The largest absolute Gasteiger partial charge is 0.497 e. The molecule has 210 valence electrons. The van der Waals surface area contributed by atoms with Crippen LogP contribution in [0.2, 0.25) is 0 Å². The van der Waals surface area contributed by atoms with Crippen molar-refractivity contribution < 1.29 is 14.2 Å². The molecule has 41 heavy (non-hydrogen) atoms. The van der Waals surface area contributed by atoms with E-state index in [-0.39, 0.29) is 0 Å². The molecule has 0 aliphatic carbocycles. The highest BCUT2D eigenvalue weighted by Gasteiger charge is 2.20. The molecule has 9 nitrogen and oxygen atoms in total. The first-order valence-corrected chi connectivity index (χ1v) is 13.8. The molecule has 0 radical (unpaired) electrons. The van der Waals surface area contributed by atoms with Gasteiger partial charge in [0.2, 0.25) is 5.88 Å². The number of fused-ring (bicyclic) bond motifs is 2. The fourth-order valence-electron chi connectivity index (χ4n) is 5.28. The Bertz CT molecular complexity index is 1640. The first kappa shape index (κ1) is 26.4. The summed E-state index contributed by atoms with van der Waals surface area (Å²) in [6.07, 6.45) is 9.59. The number of anilines is 2. The molecule has 1 atom stereocenters. The Labute approximate surface area is 239 Å². The maximum atomic E-state index is 6.10. The molecule has 0 spiro atoms. The van der Waals surface area contributed by atoms with Crippen LogP contribution in [0.25, 0.3) is 10.8 Å². The van der Waals surface area contributed by atoms with Gasteiger partial charge in [-0.2, -0.15) is 0 Å². The molecule has 0 saturated heterocycles. The topological polar surface area (TPSA) is 95.3 Å². The Hall–Kier alpha value is -4.79. The summed E-state index contributed by atoms with van der Waals surface area (Å²) in [6.45, 7) is 2.85. The number of hydrogen-bond acceptors (Lipinski definition) is 8. The van der Waals surface area contributed by atoms with Crippen LogP contribution >= 0.6 is 0 Å². The summed E-state index contributed by atoms with van der Waals surface area (Å²) in [5, 5.41) is 9.20. The average molecular weight is 551 g/mol. The quantitative estimate of drug-likeness (QED) is 0.216. The van der Waals surface area contributed by atoms with E-state index in [1.807, 2.05) is 67.3 Å². The highest BCUT2D eigenvalue weighted by Crippen LogP contribution is 2.30. The minimum Gasteiger partial charge on any atom is -0.497 e. The third-order valence-corrected chi connectivity index (χ3v) is 7.55. The Morgan fingerprint density at radius 2 is 1.80 bits per heavy atom. The third kappa shape index (κ3) is 6.04. The van der Waals surface area contributed by atoms with E-state index in [1.54, 1.807) is 14.2 Å². The van der Waals surface area contributed by atoms with Crippen molar-refractivity contribution in [3.05, 3.63) is 96.3 Å². The maximum Gasteiger partial charge on any atom is 0.213 e. The molecule has 3 aromatic heterocycles. The lowest BCUT2D eigenvalue weighted by molar-refractivity contribution is 0.212. The van der Waals surface area contributed by atoms with E-state index in [2.05, 4.69) is 42.3 Å². The highest BCUT2D eigenvalue weighted by molar-refractivity contribution is 5.99. The van der Waals surface area contributed by atoms with E-state index in [1.165, 1.54) is 0 Å². The number of nitrogens with zero attached hydrogens (tertiary/aromatic N) is 4. The minimum atomic E-state index is 0.450. The van der Waals surface area contributed by atoms with Gasteiger partial charge in [-0.3, -0.25) is 0 Å². The van der Waals surface area contributed by atoms with Crippen LogP contribution in [0.4, 0.5) is 11.5 Å². The number of methoxy groups -OCH3 is 2. The van der Waals surface area contributed by atoms with Crippen molar-refractivity contribution in [1.29, 1.82) is 0 Å². The second kappa shape index (κ2) is 12.2. The van der Waals surface area contributed by atoms with Crippen molar-refractivity contribution >= 4 is 22.3 Å². The number of ether oxygens (including phenoxy) is 3. The molecule has 4 heterocycles. The Kier molecular flexibility index (Phi) is 7.84. The predicted octanol–water partition coefficient (Wildman–Crippen LogP) is 5.71. The maximum absolute atomic E-state index is 6.10. The van der Waals surface area contributed by atoms with Crippen LogP contribution in [0, 0.1) is 5.92 Å². The van der Waals surface area contributed by atoms with Crippen LogP contribution in [0.15, 0.2) is 79.4 Å². The van der Waals surface area contributed by atoms with Crippen molar-refractivity contribution in [3.63, 3.8) is 0 Å². The van der Waals surface area contributed by atoms with Crippen molar-refractivity contribution in [2.75, 3.05) is 31.5 Å². The first-order valence-electron chi connectivity index (χ1n) is 13.8. The van der Waals surface area contributed by atoms with Crippen LogP contribution in [0.5, 0.6) is 17.4 Å². The van der Waals surface area contributed by atoms with Gasteiger partial charge in [-0.15, -0.1) is 0 Å². The monoisotopic (exact) mass is 550 g/mol. The molecule has 0 amide bonds. The molecule has 1 aliphatic rings. The molecular weight excluding hydrogens is 516 g/mol. The van der Waals surface area contributed by atoms with Gasteiger partial charge in [0.15, 0.2) is 0 Å². The van der Waals surface area contributed by atoms with Gasteiger partial charge in [0.25, 0.3) is 0 Å². The summed E-state index contributed by atoms with van der Waals surface area (Å²) in [4.78, 5) is 13.5. The number of pyridine rings is 2. The van der Waals surface area contributed by atoms with Crippen LogP contribution in [0.3, 0.4) is 0 Å². The summed E-state index contributed by atoms with van der Waals surface area (Å²) in [7, 11) is 3.31. The van der Waals surface area contributed by atoms with E-state index in [0.717, 1.165) is 70.1 Å². The number of rotatable bonds is 11. The first-order chi connectivity index (χ1) is 20.2. The lowest BCUT2D eigenvalue weighted by atomic mass is 9.99. The summed E-state index contributed by atoms with van der Waals surface area (Å²) < 4.78 is 19.2.